The Kier molecular flexibility index (Phi) is 3.95. The number of anilines is 1. The van der Waals surface area contributed by atoms with Crippen LogP contribution in [0, 0.1) is 5.82 Å². The third kappa shape index (κ3) is 3.09. The molecule has 1 atom stereocenters. The molecule has 21 heavy (non-hydrogen) atoms. The first-order chi connectivity index (χ1) is 10.1. The second-order valence-corrected chi connectivity index (χ2v) is 6.43. The number of nitrogens with zero attached hydrogens (tertiary/aromatic N) is 2. The van der Waals surface area contributed by atoms with E-state index in [1.807, 2.05) is 5.38 Å². The molecular weight excluding hydrogens is 287 g/mol. The topological polar surface area (TPSA) is 25.4 Å². The lowest BCUT2D eigenvalue weighted by atomic mass is 10.0. The summed E-state index contributed by atoms with van der Waals surface area (Å²) in [6.45, 7) is 6.75. The molecule has 0 bridgehead atoms. The average Bonchev–Trinajstić information content (AvgIpc) is 2.98. The van der Waals surface area contributed by atoms with Crippen molar-refractivity contribution in [1.29, 1.82) is 0 Å². The van der Waals surface area contributed by atoms with Crippen LogP contribution in [0.1, 0.15) is 20.3 Å². The second kappa shape index (κ2) is 5.73. The molecule has 0 aliphatic carbocycles. The highest BCUT2D eigenvalue weighted by Crippen LogP contribution is 2.31. The van der Waals surface area contributed by atoms with Crippen LogP contribution in [0.3, 0.4) is 0 Å². The molecule has 0 radical (unpaired) electrons. The Balaban J connectivity index is 1.80. The number of thiazole rings is 1. The first kappa shape index (κ1) is 14.5. The van der Waals surface area contributed by atoms with Crippen LogP contribution in [0.5, 0.6) is 0 Å². The molecule has 1 saturated heterocycles. The Bertz CT molecular complexity index is 613. The number of aromatic nitrogens is 1. The molecule has 1 aliphatic heterocycles. The molecular formula is C16H19FN2OS. The zero-order chi connectivity index (χ0) is 14.9. The van der Waals surface area contributed by atoms with Crippen LogP contribution in [0.25, 0.3) is 11.3 Å². The Labute approximate surface area is 128 Å². The summed E-state index contributed by atoms with van der Waals surface area (Å²) in [7, 11) is 0. The molecule has 1 aliphatic rings. The summed E-state index contributed by atoms with van der Waals surface area (Å²) in [5.74, 6) is -0.221. The molecule has 0 saturated carbocycles. The molecule has 112 valence electrons. The van der Waals surface area contributed by atoms with Crippen molar-refractivity contribution in [3.63, 3.8) is 0 Å². The van der Waals surface area contributed by atoms with Gasteiger partial charge in [-0.3, -0.25) is 0 Å². The minimum absolute atomic E-state index is 0.0973. The summed E-state index contributed by atoms with van der Waals surface area (Å²) in [5, 5.41) is 3.04. The van der Waals surface area contributed by atoms with Crippen LogP contribution in [-0.4, -0.2) is 30.3 Å². The summed E-state index contributed by atoms with van der Waals surface area (Å²) >= 11 is 1.63. The molecule has 0 N–H and O–H groups in total. The van der Waals surface area contributed by atoms with Gasteiger partial charge in [0.25, 0.3) is 0 Å². The van der Waals surface area contributed by atoms with Crippen molar-refractivity contribution >= 4 is 16.5 Å². The predicted molar refractivity (Wildman–Crippen MR) is 84.4 cm³/mol. The van der Waals surface area contributed by atoms with Gasteiger partial charge in [-0.2, -0.15) is 0 Å². The van der Waals surface area contributed by atoms with Crippen molar-refractivity contribution in [3.05, 3.63) is 35.5 Å². The molecule has 3 rings (SSSR count). The Morgan fingerprint density at radius 1 is 1.38 bits per heavy atom. The number of ether oxygens (including phenoxy) is 1. The normalized spacial score (nSPS) is 22.5. The van der Waals surface area contributed by atoms with Crippen molar-refractivity contribution in [3.8, 4) is 11.3 Å². The van der Waals surface area contributed by atoms with E-state index in [9.17, 15) is 4.39 Å². The van der Waals surface area contributed by atoms with Gasteiger partial charge in [0.1, 0.15) is 5.82 Å². The van der Waals surface area contributed by atoms with E-state index in [2.05, 4.69) is 18.7 Å². The van der Waals surface area contributed by atoms with Gasteiger partial charge in [-0.15, -0.1) is 11.3 Å². The first-order valence-electron chi connectivity index (χ1n) is 7.20. The molecule has 3 nitrogen and oxygen atoms in total. The number of rotatable bonds is 3. The average molecular weight is 306 g/mol. The van der Waals surface area contributed by atoms with E-state index in [1.54, 1.807) is 23.5 Å². The maximum Gasteiger partial charge on any atom is 0.186 e. The number of morpholine rings is 1. The summed E-state index contributed by atoms with van der Waals surface area (Å²) in [6.07, 6.45) is 0.986. The zero-order valence-corrected chi connectivity index (χ0v) is 13.1. The van der Waals surface area contributed by atoms with E-state index >= 15 is 0 Å². The van der Waals surface area contributed by atoms with E-state index in [0.717, 1.165) is 42.5 Å². The van der Waals surface area contributed by atoms with Gasteiger partial charge in [-0.1, -0.05) is 6.92 Å². The third-order valence-electron chi connectivity index (χ3n) is 3.99. The van der Waals surface area contributed by atoms with Gasteiger partial charge in [0.15, 0.2) is 5.13 Å². The van der Waals surface area contributed by atoms with Gasteiger partial charge in [0.2, 0.25) is 0 Å². The summed E-state index contributed by atoms with van der Waals surface area (Å²) in [4.78, 5) is 6.98. The van der Waals surface area contributed by atoms with E-state index in [1.165, 1.54) is 12.1 Å². The standard InChI is InChI=1S/C16H19FN2OS/c1-3-16(2)11-19(8-9-20-16)15-18-14(10-21-15)12-4-6-13(17)7-5-12/h4-7,10H,3,8-9,11H2,1-2H3. The van der Waals surface area contributed by atoms with Crippen LogP contribution in [0.2, 0.25) is 0 Å². The highest BCUT2D eigenvalue weighted by Gasteiger charge is 2.31. The molecule has 0 spiro atoms. The lowest BCUT2D eigenvalue weighted by molar-refractivity contribution is -0.0441. The summed E-state index contributed by atoms with van der Waals surface area (Å²) in [6, 6.07) is 6.47. The molecule has 1 aromatic carbocycles. The first-order valence-corrected chi connectivity index (χ1v) is 8.08. The molecule has 2 aromatic rings. The minimum Gasteiger partial charge on any atom is -0.372 e. The van der Waals surface area contributed by atoms with Gasteiger partial charge in [-0.25, -0.2) is 9.37 Å². The molecule has 1 aromatic heterocycles. The lowest BCUT2D eigenvalue weighted by Gasteiger charge is -2.39. The number of hydrogen-bond acceptors (Lipinski definition) is 4. The van der Waals surface area contributed by atoms with Gasteiger partial charge in [-0.05, 0) is 37.6 Å². The van der Waals surface area contributed by atoms with Gasteiger partial charge >= 0.3 is 0 Å². The Hall–Kier alpha value is -1.46. The SMILES string of the molecule is CCC1(C)CN(c2nc(-c3ccc(F)cc3)cs2)CCO1. The molecule has 5 heteroatoms. The Morgan fingerprint density at radius 3 is 2.86 bits per heavy atom. The Morgan fingerprint density at radius 2 is 2.14 bits per heavy atom. The highest BCUT2D eigenvalue weighted by molar-refractivity contribution is 7.14. The van der Waals surface area contributed by atoms with E-state index in [-0.39, 0.29) is 11.4 Å². The fourth-order valence-corrected chi connectivity index (χ4v) is 3.33. The monoisotopic (exact) mass is 306 g/mol. The number of benzene rings is 1. The fourth-order valence-electron chi connectivity index (χ4n) is 2.47. The van der Waals surface area contributed by atoms with Crippen molar-refractivity contribution in [2.75, 3.05) is 24.6 Å². The van der Waals surface area contributed by atoms with Crippen molar-refractivity contribution in [2.24, 2.45) is 0 Å². The third-order valence-corrected chi connectivity index (χ3v) is 4.89. The fraction of sp³-hybridized carbons (Fsp3) is 0.438. The lowest BCUT2D eigenvalue weighted by Crippen LogP contribution is -2.49. The predicted octanol–water partition coefficient (Wildman–Crippen LogP) is 3.95. The number of halogens is 1. The molecule has 0 amide bonds. The molecule has 2 heterocycles. The van der Waals surface area contributed by atoms with Gasteiger partial charge in [0, 0.05) is 24.0 Å². The van der Waals surface area contributed by atoms with Crippen LogP contribution >= 0.6 is 11.3 Å². The number of hydrogen-bond donors (Lipinski definition) is 0. The summed E-state index contributed by atoms with van der Waals surface area (Å²) in [5.41, 5.74) is 1.75. The van der Waals surface area contributed by atoms with Crippen LogP contribution in [-0.2, 0) is 4.74 Å². The zero-order valence-electron chi connectivity index (χ0n) is 12.3. The molecule has 1 unspecified atom stereocenters. The quantitative estimate of drug-likeness (QED) is 0.858. The highest BCUT2D eigenvalue weighted by atomic mass is 32.1. The maximum atomic E-state index is 13.0. The van der Waals surface area contributed by atoms with E-state index in [0.29, 0.717) is 0 Å². The van der Waals surface area contributed by atoms with Crippen molar-refractivity contribution in [1.82, 2.24) is 4.98 Å². The smallest absolute Gasteiger partial charge is 0.186 e. The van der Waals surface area contributed by atoms with E-state index in [4.69, 9.17) is 9.72 Å². The molecule has 1 fully saturated rings. The summed E-state index contributed by atoms with van der Waals surface area (Å²) < 4.78 is 18.8. The minimum atomic E-state index is -0.221. The van der Waals surface area contributed by atoms with Gasteiger partial charge in [0.05, 0.1) is 17.9 Å². The van der Waals surface area contributed by atoms with Crippen LogP contribution in [0.4, 0.5) is 9.52 Å². The maximum absolute atomic E-state index is 13.0. The van der Waals surface area contributed by atoms with Crippen molar-refractivity contribution in [2.45, 2.75) is 25.9 Å². The largest absolute Gasteiger partial charge is 0.372 e. The van der Waals surface area contributed by atoms with Crippen LogP contribution in [0.15, 0.2) is 29.6 Å². The second-order valence-electron chi connectivity index (χ2n) is 5.60. The van der Waals surface area contributed by atoms with Crippen molar-refractivity contribution < 1.29 is 9.13 Å². The van der Waals surface area contributed by atoms with E-state index < -0.39 is 0 Å². The van der Waals surface area contributed by atoms with Crippen LogP contribution < -0.4 is 4.90 Å². The van der Waals surface area contributed by atoms with Gasteiger partial charge < -0.3 is 9.64 Å².